The van der Waals surface area contributed by atoms with Crippen molar-refractivity contribution in [1.82, 2.24) is 34.8 Å². The van der Waals surface area contributed by atoms with E-state index < -0.39 is 12.7 Å². The van der Waals surface area contributed by atoms with Gasteiger partial charge in [-0.25, -0.2) is 24.9 Å². The van der Waals surface area contributed by atoms with E-state index in [1.54, 1.807) is 0 Å². The topological polar surface area (TPSA) is 123 Å². The van der Waals surface area contributed by atoms with Gasteiger partial charge in [-0.05, 0) is 6.92 Å². The van der Waals surface area contributed by atoms with Crippen LogP contribution < -0.4 is 20.9 Å². The van der Waals surface area contributed by atoms with E-state index in [0.717, 1.165) is 4.57 Å². The fourth-order valence-corrected chi connectivity index (χ4v) is 4.23. The minimum absolute atomic E-state index is 0.0791. The van der Waals surface area contributed by atoms with Gasteiger partial charge in [0, 0.05) is 51.2 Å². The minimum atomic E-state index is -4.46. The SMILES string of the molecule is CC1CN(c2nc3c(N4CCOCC4)nc(-c4cnc(N)nc4)nc3n2CC(F)(F)F)CCN1. The van der Waals surface area contributed by atoms with Crippen LogP contribution in [0.1, 0.15) is 6.92 Å². The number of anilines is 3. The number of nitrogens with two attached hydrogens (primary N) is 1. The van der Waals surface area contributed by atoms with Crippen molar-refractivity contribution in [2.45, 2.75) is 25.7 Å². The van der Waals surface area contributed by atoms with Crippen LogP contribution in [0.15, 0.2) is 12.4 Å². The van der Waals surface area contributed by atoms with Crippen molar-refractivity contribution in [1.29, 1.82) is 0 Å². The van der Waals surface area contributed by atoms with Gasteiger partial charge in [-0.15, -0.1) is 0 Å². The van der Waals surface area contributed by atoms with Crippen molar-refractivity contribution < 1.29 is 17.9 Å². The number of nitrogens with one attached hydrogen (secondary N) is 1. The first-order valence-corrected chi connectivity index (χ1v) is 11.0. The molecule has 5 rings (SSSR count). The van der Waals surface area contributed by atoms with Crippen LogP contribution in [0.3, 0.4) is 0 Å². The Hall–Kier alpha value is -3.26. The monoisotopic (exact) mass is 478 g/mol. The molecule has 2 aliphatic rings. The summed E-state index contributed by atoms with van der Waals surface area (Å²) < 4.78 is 47.7. The van der Waals surface area contributed by atoms with Crippen LogP contribution in [0.4, 0.5) is 30.9 Å². The molecule has 0 radical (unpaired) electrons. The third-order valence-electron chi connectivity index (χ3n) is 5.79. The first-order valence-electron chi connectivity index (χ1n) is 11.0. The number of ether oxygens (including phenoxy) is 1. The predicted octanol–water partition coefficient (Wildman–Crippen LogP) is 1.06. The number of fused-ring (bicyclic) bond motifs is 1. The van der Waals surface area contributed by atoms with Crippen molar-refractivity contribution in [3.05, 3.63) is 12.4 Å². The molecule has 3 aromatic rings. The summed E-state index contributed by atoms with van der Waals surface area (Å²) in [7, 11) is 0. The molecule has 34 heavy (non-hydrogen) atoms. The van der Waals surface area contributed by atoms with Crippen LogP contribution in [0.2, 0.25) is 0 Å². The zero-order chi connectivity index (χ0) is 23.9. The molecule has 14 heteroatoms. The van der Waals surface area contributed by atoms with Crippen molar-refractivity contribution in [2.75, 3.05) is 61.5 Å². The third-order valence-corrected chi connectivity index (χ3v) is 5.79. The van der Waals surface area contributed by atoms with E-state index in [0.29, 0.717) is 62.8 Å². The third kappa shape index (κ3) is 4.55. The Balaban J connectivity index is 1.72. The highest BCUT2D eigenvalue weighted by molar-refractivity contribution is 5.88. The van der Waals surface area contributed by atoms with E-state index in [1.165, 1.54) is 12.4 Å². The van der Waals surface area contributed by atoms with Gasteiger partial charge >= 0.3 is 6.18 Å². The number of alkyl halides is 3. The Morgan fingerprint density at radius 2 is 1.82 bits per heavy atom. The summed E-state index contributed by atoms with van der Waals surface area (Å²) in [6.45, 7) is 4.52. The van der Waals surface area contributed by atoms with Gasteiger partial charge in [-0.2, -0.15) is 13.2 Å². The number of hydrogen-bond donors (Lipinski definition) is 2. The number of aromatic nitrogens is 6. The van der Waals surface area contributed by atoms with Crippen LogP contribution >= 0.6 is 0 Å². The number of imidazole rings is 1. The molecule has 182 valence electrons. The molecule has 3 aromatic heterocycles. The summed E-state index contributed by atoms with van der Waals surface area (Å²) in [5, 5.41) is 3.31. The van der Waals surface area contributed by atoms with Gasteiger partial charge in [-0.3, -0.25) is 4.57 Å². The molecule has 0 bridgehead atoms. The van der Waals surface area contributed by atoms with Gasteiger partial charge in [0.1, 0.15) is 6.54 Å². The van der Waals surface area contributed by atoms with Crippen molar-refractivity contribution in [3.8, 4) is 11.4 Å². The van der Waals surface area contributed by atoms with E-state index in [4.69, 9.17) is 10.5 Å². The number of morpholine rings is 1. The van der Waals surface area contributed by atoms with E-state index in [2.05, 4.69) is 30.2 Å². The van der Waals surface area contributed by atoms with Crippen molar-refractivity contribution >= 4 is 28.9 Å². The Morgan fingerprint density at radius 1 is 1.09 bits per heavy atom. The zero-order valence-corrected chi connectivity index (χ0v) is 18.6. The fourth-order valence-electron chi connectivity index (χ4n) is 4.23. The fraction of sp³-hybridized carbons (Fsp3) is 0.550. The molecule has 3 N–H and O–H groups in total. The van der Waals surface area contributed by atoms with Gasteiger partial charge in [0.25, 0.3) is 0 Å². The largest absolute Gasteiger partial charge is 0.406 e. The number of piperazine rings is 1. The maximum Gasteiger partial charge on any atom is 0.406 e. The summed E-state index contributed by atoms with van der Waals surface area (Å²) >= 11 is 0. The Bertz CT molecular complexity index is 1160. The molecule has 2 saturated heterocycles. The minimum Gasteiger partial charge on any atom is -0.378 e. The molecule has 0 amide bonds. The van der Waals surface area contributed by atoms with Crippen LogP contribution in [0, 0.1) is 0 Å². The van der Waals surface area contributed by atoms with Gasteiger partial charge in [0.2, 0.25) is 11.9 Å². The predicted molar refractivity (Wildman–Crippen MR) is 120 cm³/mol. The summed E-state index contributed by atoms with van der Waals surface area (Å²) in [4.78, 5) is 25.7. The molecule has 11 nitrogen and oxygen atoms in total. The molecule has 5 heterocycles. The van der Waals surface area contributed by atoms with Gasteiger partial charge in [0.05, 0.1) is 18.8 Å². The number of nitrogens with zero attached hydrogens (tertiary/aromatic N) is 8. The number of rotatable bonds is 4. The highest BCUT2D eigenvalue weighted by atomic mass is 19.4. The molecule has 0 spiro atoms. The van der Waals surface area contributed by atoms with Crippen LogP contribution in [-0.4, -0.2) is 87.6 Å². The number of nitrogen functional groups attached to an aromatic ring is 1. The van der Waals surface area contributed by atoms with Crippen LogP contribution in [0.25, 0.3) is 22.6 Å². The Labute approximate surface area is 193 Å². The van der Waals surface area contributed by atoms with Gasteiger partial charge in [0.15, 0.2) is 22.8 Å². The lowest BCUT2D eigenvalue weighted by Gasteiger charge is -2.33. The van der Waals surface area contributed by atoms with Crippen molar-refractivity contribution in [2.24, 2.45) is 0 Å². The summed E-state index contributed by atoms with van der Waals surface area (Å²) in [5.74, 6) is 0.980. The van der Waals surface area contributed by atoms with Gasteiger partial charge < -0.3 is 25.6 Å². The second-order valence-electron chi connectivity index (χ2n) is 8.39. The number of halogens is 3. The van der Waals surface area contributed by atoms with Gasteiger partial charge in [-0.1, -0.05) is 0 Å². The maximum atomic E-state index is 13.7. The lowest BCUT2D eigenvalue weighted by Crippen LogP contribution is -2.50. The first-order chi connectivity index (χ1) is 16.3. The average Bonchev–Trinajstić information content (AvgIpc) is 3.16. The molecule has 2 aliphatic heterocycles. The second kappa shape index (κ2) is 8.83. The zero-order valence-electron chi connectivity index (χ0n) is 18.6. The Morgan fingerprint density at radius 3 is 2.50 bits per heavy atom. The molecule has 2 fully saturated rings. The number of hydrogen-bond acceptors (Lipinski definition) is 10. The molecular formula is C20H25F3N10O. The summed E-state index contributed by atoms with van der Waals surface area (Å²) in [5.41, 5.74) is 6.48. The second-order valence-corrected chi connectivity index (χ2v) is 8.39. The average molecular weight is 478 g/mol. The van der Waals surface area contributed by atoms with E-state index >= 15 is 0 Å². The molecule has 0 aromatic carbocycles. The Kier molecular flexibility index (Phi) is 5.85. The molecule has 1 atom stereocenters. The maximum absolute atomic E-state index is 13.7. The van der Waals surface area contributed by atoms with Crippen molar-refractivity contribution in [3.63, 3.8) is 0 Å². The lowest BCUT2D eigenvalue weighted by molar-refractivity contribution is -0.139. The smallest absolute Gasteiger partial charge is 0.378 e. The van der Waals surface area contributed by atoms with Crippen LogP contribution in [0.5, 0.6) is 0 Å². The summed E-state index contributed by atoms with van der Waals surface area (Å²) in [6.07, 6.45) is -1.55. The van der Waals surface area contributed by atoms with E-state index in [-0.39, 0.29) is 29.4 Å². The van der Waals surface area contributed by atoms with E-state index in [1.807, 2.05) is 16.7 Å². The standard InChI is InChI=1S/C20H25F3N10O/c1-12-10-32(3-2-25-12)19-28-14-16(31-4-6-34-7-5-31)29-15(13-8-26-18(24)27-9-13)30-17(14)33(19)11-20(21,22)23/h8-9,12,25H,2-7,10-11H2,1H3,(H2,24,26,27). The molecule has 0 aliphatic carbocycles. The lowest BCUT2D eigenvalue weighted by atomic mass is 10.2. The molecule has 0 saturated carbocycles. The highest BCUT2D eigenvalue weighted by Gasteiger charge is 2.34. The highest BCUT2D eigenvalue weighted by Crippen LogP contribution is 2.33. The first kappa shape index (κ1) is 22.5. The van der Waals surface area contributed by atoms with E-state index in [9.17, 15) is 13.2 Å². The molecular weight excluding hydrogens is 453 g/mol. The van der Waals surface area contributed by atoms with Crippen LogP contribution in [-0.2, 0) is 11.3 Å². The normalized spacial score (nSPS) is 19.7. The quantitative estimate of drug-likeness (QED) is 0.563. The molecule has 1 unspecified atom stereocenters. The summed E-state index contributed by atoms with van der Waals surface area (Å²) in [6, 6.07) is 0.111.